The van der Waals surface area contributed by atoms with Crippen LogP contribution in [0, 0.1) is 5.92 Å². The summed E-state index contributed by atoms with van der Waals surface area (Å²) in [5.41, 5.74) is 0. The van der Waals surface area contributed by atoms with Crippen molar-refractivity contribution in [3.05, 3.63) is 12.3 Å². The highest BCUT2D eigenvalue weighted by molar-refractivity contribution is 5.71. The minimum Gasteiger partial charge on any atom is -0.353 e. The maximum absolute atomic E-state index is 12.6. The number of nitrogens with zero attached hydrogens (tertiary/aromatic N) is 2. The first kappa shape index (κ1) is 10.5. The van der Waals surface area contributed by atoms with Crippen LogP contribution in [0.25, 0.3) is 0 Å². The fraction of sp³-hybridized carbons (Fsp3) is 0.667. The van der Waals surface area contributed by atoms with E-state index >= 15 is 0 Å². The number of hydrogen-bond donors (Lipinski definition) is 1. The molecule has 84 valence electrons. The number of halogens is 3. The summed E-state index contributed by atoms with van der Waals surface area (Å²) < 4.78 is 37.9. The molecule has 0 aromatic carbocycles. The van der Waals surface area contributed by atoms with Gasteiger partial charge in [-0.05, 0) is 6.08 Å². The summed E-state index contributed by atoms with van der Waals surface area (Å²) in [7, 11) is 0. The Bertz CT molecular complexity index is 285. The van der Waals surface area contributed by atoms with Crippen molar-refractivity contribution in [3.63, 3.8) is 0 Å². The Morgan fingerprint density at radius 1 is 1.33 bits per heavy atom. The monoisotopic (exact) mass is 219 g/mol. The second kappa shape index (κ2) is 3.84. The number of nitrogens with one attached hydrogen (secondary N) is 1. The van der Waals surface area contributed by atoms with Gasteiger partial charge in [-0.25, -0.2) is 0 Å². The first-order chi connectivity index (χ1) is 7.09. The van der Waals surface area contributed by atoms with E-state index in [2.05, 4.69) is 10.3 Å². The van der Waals surface area contributed by atoms with Gasteiger partial charge in [0.05, 0.1) is 12.0 Å². The van der Waals surface area contributed by atoms with E-state index < -0.39 is 18.1 Å². The summed E-state index contributed by atoms with van der Waals surface area (Å²) in [6.45, 7) is 0.682. The molecule has 0 aromatic rings. The van der Waals surface area contributed by atoms with Crippen LogP contribution >= 0.6 is 0 Å². The number of hydrogen-bond acceptors (Lipinski definition) is 3. The Balaban J connectivity index is 2.08. The second-order valence-electron chi connectivity index (χ2n) is 3.70. The minimum atomic E-state index is -4.14. The van der Waals surface area contributed by atoms with Crippen LogP contribution in [0.1, 0.15) is 0 Å². The molecule has 1 unspecified atom stereocenters. The van der Waals surface area contributed by atoms with E-state index in [1.165, 1.54) is 0 Å². The molecule has 2 atom stereocenters. The smallest absolute Gasteiger partial charge is 0.353 e. The van der Waals surface area contributed by atoms with Gasteiger partial charge >= 0.3 is 6.18 Å². The molecule has 0 bridgehead atoms. The standard InChI is InChI=1S/C9H12F3N3/c10-9(11,12)7-4-14-5-8(7)15-3-1-2-13-6-15/h1-3,7-8,14H,4-6H2/t7?,8-/m0/s1. The molecule has 1 fully saturated rings. The first-order valence-corrected chi connectivity index (χ1v) is 4.79. The van der Waals surface area contributed by atoms with Crippen LogP contribution in [0.2, 0.25) is 0 Å². The predicted molar refractivity (Wildman–Crippen MR) is 50.5 cm³/mol. The van der Waals surface area contributed by atoms with Crippen molar-refractivity contribution in [3.8, 4) is 0 Å². The summed E-state index contributed by atoms with van der Waals surface area (Å²) in [5.74, 6) is -1.30. The third-order valence-corrected chi connectivity index (χ3v) is 2.74. The van der Waals surface area contributed by atoms with Crippen LogP contribution in [-0.4, -0.2) is 43.1 Å². The molecule has 6 heteroatoms. The van der Waals surface area contributed by atoms with Gasteiger partial charge in [-0.15, -0.1) is 0 Å². The largest absolute Gasteiger partial charge is 0.395 e. The zero-order chi connectivity index (χ0) is 10.9. The Kier molecular flexibility index (Phi) is 2.68. The van der Waals surface area contributed by atoms with Crippen LogP contribution in [0.3, 0.4) is 0 Å². The molecule has 0 radical (unpaired) electrons. The van der Waals surface area contributed by atoms with Gasteiger partial charge in [-0.1, -0.05) is 0 Å². The lowest BCUT2D eigenvalue weighted by Crippen LogP contribution is -2.43. The number of aliphatic imine (C=N–C) groups is 1. The van der Waals surface area contributed by atoms with Crippen molar-refractivity contribution in [2.75, 3.05) is 19.8 Å². The van der Waals surface area contributed by atoms with Gasteiger partial charge in [-0.2, -0.15) is 13.2 Å². The summed E-state index contributed by atoms with van der Waals surface area (Å²) in [6.07, 6.45) is 0.795. The lowest BCUT2D eigenvalue weighted by molar-refractivity contribution is -0.179. The highest BCUT2D eigenvalue weighted by Gasteiger charge is 2.48. The topological polar surface area (TPSA) is 27.6 Å². The molecular weight excluding hydrogens is 207 g/mol. The number of rotatable bonds is 1. The summed E-state index contributed by atoms with van der Waals surface area (Å²) in [6, 6.07) is -0.529. The van der Waals surface area contributed by atoms with Crippen molar-refractivity contribution in [2.45, 2.75) is 12.2 Å². The van der Waals surface area contributed by atoms with E-state index in [0.29, 0.717) is 13.2 Å². The van der Waals surface area contributed by atoms with Gasteiger partial charge in [0.1, 0.15) is 6.67 Å². The third-order valence-electron chi connectivity index (χ3n) is 2.74. The average molecular weight is 219 g/mol. The minimum absolute atomic E-state index is 0.00220. The van der Waals surface area contributed by atoms with Gasteiger partial charge in [0.2, 0.25) is 0 Å². The fourth-order valence-electron chi connectivity index (χ4n) is 1.96. The molecule has 3 nitrogen and oxygen atoms in total. The molecule has 2 aliphatic rings. The molecule has 2 aliphatic heterocycles. The lowest BCUT2D eigenvalue weighted by atomic mass is 10.0. The molecule has 15 heavy (non-hydrogen) atoms. The number of alkyl halides is 3. The zero-order valence-electron chi connectivity index (χ0n) is 8.04. The van der Waals surface area contributed by atoms with Crippen molar-refractivity contribution < 1.29 is 13.2 Å². The summed E-state index contributed by atoms with van der Waals surface area (Å²) in [5, 5.41) is 2.78. The van der Waals surface area contributed by atoms with Crippen molar-refractivity contribution in [2.24, 2.45) is 10.9 Å². The van der Waals surface area contributed by atoms with Crippen molar-refractivity contribution in [1.82, 2.24) is 10.2 Å². The van der Waals surface area contributed by atoms with Crippen molar-refractivity contribution >= 4 is 6.21 Å². The van der Waals surface area contributed by atoms with E-state index in [9.17, 15) is 13.2 Å². The number of allylic oxidation sites excluding steroid dienone is 1. The molecule has 2 rings (SSSR count). The Hall–Kier alpha value is -1.04. The molecule has 1 saturated heterocycles. The Morgan fingerprint density at radius 2 is 2.13 bits per heavy atom. The SMILES string of the molecule is FC(F)(F)C1CNC[C@@H]1N1C=CC=NC1. The second-order valence-corrected chi connectivity index (χ2v) is 3.70. The fourth-order valence-corrected chi connectivity index (χ4v) is 1.96. The van der Waals surface area contributed by atoms with Crippen molar-refractivity contribution in [1.29, 1.82) is 0 Å². The maximum Gasteiger partial charge on any atom is 0.395 e. The van der Waals surface area contributed by atoms with E-state index in [4.69, 9.17) is 0 Å². The highest BCUT2D eigenvalue weighted by atomic mass is 19.4. The van der Waals surface area contributed by atoms with Crippen LogP contribution in [0.5, 0.6) is 0 Å². The van der Waals surface area contributed by atoms with E-state index in [1.807, 2.05) is 0 Å². The highest BCUT2D eigenvalue weighted by Crippen LogP contribution is 2.33. The average Bonchev–Trinajstić information content (AvgIpc) is 2.67. The van der Waals surface area contributed by atoms with E-state index in [1.54, 1.807) is 23.4 Å². The summed E-state index contributed by atoms with van der Waals surface area (Å²) in [4.78, 5) is 5.58. The zero-order valence-corrected chi connectivity index (χ0v) is 8.04. The van der Waals surface area contributed by atoms with Crippen LogP contribution in [0.4, 0.5) is 13.2 Å². The Morgan fingerprint density at radius 3 is 2.73 bits per heavy atom. The molecule has 1 N–H and O–H groups in total. The third kappa shape index (κ3) is 2.14. The molecule has 0 aliphatic carbocycles. The summed E-state index contributed by atoms with van der Waals surface area (Å²) >= 11 is 0. The van der Waals surface area contributed by atoms with Gasteiger partial charge in [0, 0.05) is 25.5 Å². The van der Waals surface area contributed by atoms with E-state index in [-0.39, 0.29) is 6.54 Å². The van der Waals surface area contributed by atoms with Crippen LogP contribution < -0.4 is 5.32 Å². The molecule has 0 amide bonds. The normalized spacial score (nSPS) is 31.3. The lowest BCUT2D eigenvalue weighted by Gasteiger charge is -2.31. The molecule has 0 saturated carbocycles. The van der Waals surface area contributed by atoms with Gasteiger partial charge in [0.25, 0.3) is 0 Å². The maximum atomic E-state index is 12.6. The first-order valence-electron chi connectivity index (χ1n) is 4.79. The quantitative estimate of drug-likeness (QED) is 0.712. The molecular formula is C9H12F3N3. The molecule has 0 spiro atoms. The van der Waals surface area contributed by atoms with Gasteiger partial charge < -0.3 is 10.2 Å². The Labute approximate surface area is 85.7 Å². The van der Waals surface area contributed by atoms with E-state index in [0.717, 1.165) is 0 Å². The van der Waals surface area contributed by atoms with Gasteiger partial charge in [0.15, 0.2) is 0 Å². The van der Waals surface area contributed by atoms with Gasteiger partial charge in [-0.3, -0.25) is 4.99 Å². The van der Waals surface area contributed by atoms with Crippen LogP contribution in [0.15, 0.2) is 17.3 Å². The van der Waals surface area contributed by atoms with Crippen LogP contribution in [-0.2, 0) is 0 Å². The molecule has 0 aromatic heterocycles. The predicted octanol–water partition coefficient (Wildman–Crippen LogP) is 0.994. The molecule has 2 heterocycles.